The first-order valence-electron chi connectivity index (χ1n) is 10.0. The first kappa shape index (κ1) is 18.1. The monoisotopic (exact) mass is 393 g/mol. The number of hydrogen-bond donors (Lipinski definition) is 0. The lowest BCUT2D eigenvalue weighted by Crippen LogP contribution is -2.37. The number of carbonyl (C=O) groups excluding carboxylic acids is 1. The van der Waals surface area contributed by atoms with Crippen molar-refractivity contribution >= 4 is 5.91 Å². The third-order valence-corrected chi connectivity index (χ3v) is 5.64. The highest BCUT2D eigenvalue weighted by molar-refractivity contribution is 5.90. The van der Waals surface area contributed by atoms with E-state index in [4.69, 9.17) is 9.15 Å². The summed E-state index contributed by atoms with van der Waals surface area (Å²) in [7, 11) is 1.64. The van der Waals surface area contributed by atoms with Crippen molar-refractivity contribution in [3.63, 3.8) is 0 Å². The van der Waals surface area contributed by atoms with E-state index in [9.17, 15) is 4.79 Å². The average molecular weight is 393 g/mol. The van der Waals surface area contributed by atoms with Crippen molar-refractivity contribution in [2.24, 2.45) is 0 Å². The second-order valence-electron chi connectivity index (χ2n) is 7.47. The lowest BCUT2D eigenvalue weighted by atomic mass is 10.1. The van der Waals surface area contributed by atoms with Gasteiger partial charge in [-0.15, -0.1) is 10.2 Å². The Labute approximate surface area is 168 Å². The van der Waals surface area contributed by atoms with Crippen molar-refractivity contribution in [1.29, 1.82) is 0 Å². The van der Waals surface area contributed by atoms with Crippen molar-refractivity contribution < 1.29 is 13.9 Å². The molecule has 3 aromatic rings. The summed E-state index contributed by atoms with van der Waals surface area (Å²) in [5.41, 5.74) is 1.77. The van der Waals surface area contributed by atoms with Crippen LogP contribution < -0.4 is 0 Å². The van der Waals surface area contributed by atoms with E-state index in [0.29, 0.717) is 31.2 Å². The zero-order valence-electron chi connectivity index (χ0n) is 16.4. The van der Waals surface area contributed by atoms with Crippen LogP contribution in [0.1, 0.15) is 58.3 Å². The van der Waals surface area contributed by atoms with Crippen molar-refractivity contribution in [3.8, 4) is 0 Å². The smallest absolute Gasteiger partial charge is 0.292 e. The number of aromatic nitrogens is 4. The van der Waals surface area contributed by atoms with Crippen molar-refractivity contribution in [3.05, 3.63) is 64.9 Å². The van der Waals surface area contributed by atoms with Gasteiger partial charge in [0.15, 0.2) is 6.10 Å². The first-order valence-corrected chi connectivity index (χ1v) is 10.0. The van der Waals surface area contributed by atoms with Crippen LogP contribution in [0, 0.1) is 0 Å². The molecule has 2 aromatic heterocycles. The third kappa shape index (κ3) is 3.23. The van der Waals surface area contributed by atoms with Crippen LogP contribution in [0.4, 0.5) is 0 Å². The van der Waals surface area contributed by atoms with Gasteiger partial charge in [-0.3, -0.25) is 4.79 Å². The lowest BCUT2D eigenvalue weighted by molar-refractivity contribution is 0.0708. The van der Waals surface area contributed by atoms with E-state index >= 15 is 0 Å². The van der Waals surface area contributed by atoms with Gasteiger partial charge in [-0.05, 0) is 18.4 Å². The van der Waals surface area contributed by atoms with E-state index in [1.165, 1.54) is 0 Å². The van der Waals surface area contributed by atoms with Gasteiger partial charge in [0.25, 0.3) is 5.91 Å². The molecule has 0 bridgehead atoms. The van der Waals surface area contributed by atoms with Gasteiger partial charge >= 0.3 is 0 Å². The molecular weight excluding hydrogens is 370 g/mol. The molecule has 1 atom stereocenters. The van der Waals surface area contributed by atoms with Gasteiger partial charge in [0.05, 0.1) is 6.54 Å². The lowest BCUT2D eigenvalue weighted by Gasteiger charge is -2.25. The van der Waals surface area contributed by atoms with Crippen LogP contribution in [0.25, 0.3) is 0 Å². The zero-order valence-corrected chi connectivity index (χ0v) is 16.4. The number of ether oxygens (including phenoxy) is 1. The number of oxazole rings is 1. The molecule has 0 aliphatic carbocycles. The van der Waals surface area contributed by atoms with Crippen LogP contribution in [0.5, 0.6) is 0 Å². The second kappa shape index (κ2) is 7.44. The summed E-state index contributed by atoms with van der Waals surface area (Å²) >= 11 is 0. The molecule has 0 radical (unpaired) electrons. The number of carbonyl (C=O) groups is 1. The van der Waals surface area contributed by atoms with Crippen LogP contribution in [-0.2, 0) is 30.7 Å². The molecule has 1 unspecified atom stereocenters. The number of amides is 1. The molecule has 2 aliphatic rings. The zero-order chi connectivity index (χ0) is 19.8. The highest BCUT2D eigenvalue weighted by atomic mass is 16.5. The summed E-state index contributed by atoms with van der Waals surface area (Å²) in [6.45, 7) is 1.79. The molecule has 5 rings (SSSR count). The van der Waals surface area contributed by atoms with Crippen LogP contribution >= 0.6 is 0 Å². The molecule has 1 amide bonds. The number of aryl methyl sites for hydroxylation is 1. The van der Waals surface area contributed by atoms with Crippen LogP contribution in [-0.4, -0.2) is 44.2 Å². The Kier molecular flexibility index (Phi) is 4.63. The van der Waals surface area contributed by atoms with Crippen molar-refractivity contribution in [1.82, 2.24) is 24.6 Å². The van der Waals surface area contributed by atoms with Gasteiger partial charge in [-0.2, -0.15) is 0 Å². The molecule has 0 fully saturated rings. The Morgan fingerprint density at radius 1 is 1.14 bits per heavy atom. The number of hydrogen-bond acceptors (Lipinski definition) is 6. The maximum absolute atomic E-state index is 13.1. The van der Waals surface area contributed by atoms with E-state index in [-0.39, 0.29) is 12.0 Å². The van der Waals surface area contributed by atoms with Gasteiger partial charge in [0.1, 0.15) is 17.3 Å². The van der Waals surface area contributed by atoms with Gasteiger partial charge in [0.2, 0.25) is 11.7 Å². The Morgan fingerprint density at radius 2 is 2.00 bits per heavy atom. The summed E-state index contributed by atoms with van der Waals surface area (Å²) in [6.07, 6.45) is 3.30. The third-order valence-electron chi connectivity index (χ3n) is 5.64. The van der Waals surface area contributed by atoms with E-state index < -0.39 is 0 Å². The SMILES string of the molecule is COC(c1ccccc1)c1nc2c(o1)CCN(C(=O)c1nnc3n1CCCC3)C2. The molecule has 0 N–H and O–H groups in total. The standard InChI is InChI=1S/C21H23N5O3/c1-28-18(14-7-3-2-4-8-14)20-22-15-13-25(12-10-16(15)29-20)21(27)19-24-23-17-9-5-6-11-26(17)19/h2-4,7-8,18H,5-6,9-13H2,1H3. The number of fused-ring (bicyclic) bond motifs is 2. The fourth-order valence-corrected chi connectivity index (χ4v) is 4.12. The molecule has 29 heavy (non-hydrogen) atoms. The fourth-order valence-electron chi connectivity index (χ4n) is 4.12. The Balaban J connectivity index is 1.37. The van der Waals surface area contributed by atoms with Gasteiger partial charge in [-0.25, -0.2) is 4.98 Å². The van der Waals surface area contributed by atoms with E-state index in [2.05, 4.69) is 15.2 Å². The summed E-state index contributed by atoms with van der Waals surface area (Å²) in [5, 5.41) is 8.38. The largest absolute Gasteiger partial charge is 0.442 e. The van der Waals surface area contributed by atoms with Gasteiger partial charge in [-0.1, -0.05) is 30.3 Å². The highest BCUT2D eigenvalue weighted by Crippen LogP contribution is 2.29. The number of benzene rings is 1. The van der Waals surface area contributed by atoms with Crippen molar-refractivity contribution in [2.45, 2.75) is 44.9 Å². The molecule has 8 nitrogen and oxygen atoms in total. The maximum Gasteiger partial charge on any atom is 0.292 e. The van der Waals surface area contributed by atoms with Crippen LogP contribution in [0.15, 0.2) is 34.7 Å². The number of nitrogens with zero attached hydrogens (tertiary/aromatic N) is 5. The van der Waals surface area contributed by atoms with Crippen LogP contribution in [0.2, 0.25) is 0 Å². The molecular formula is C21H23N5O3. The maximum atomic E-state index is 13.1. The molecule has 2 aliphatic heterocycles. The van der Waals surface area contributed by atoms with E-state index in [0.717, 1.165) is 48.6 Å². The molecule has 8 heteroatoms. The minimum atomic E-state index is -0.366. The predicted molar refractivity (Wildman–Crippen MR) is 103 cm³/mol. The van der Waals surface area contributed by atoms with Crippen LogP contribution in [0.3, 0.4) is 0 Å². The summed E-state index contributed by atoms with van der Waals surface area (Å²) in [5.74, 6) is 2.60. The number of rotatable bonds is 4. The Hall–Kier alpha value is -3.00. The van der Waals surface area contributed by atoms with E-state index in [1.54, 1.807) is 12.0 Å². The molecule has 4 heterocycles. The number of methoxy groups -OCH3 is 1. The van der Waals surface area contributed by atoms with Crippen molar-refractivity contribution in [2.75, 3.05) is 13.7 Å². The summed E-state index contributed by atoms with van der Waals surface area (Å²) in [6, 6.07) is 9.86. The fraction of sp³-hybridized carbons (Fsp3) is 0.429. The average Bonchev–Trinajstić information content (AvgIpc) is 3.38. The highest BCUT2D eigenvalue weighted by Gasteiger charge is 2.31. The van der Waals surface area contributed by atoms with Gasteiger partial charge < -0.3 is 18.6 Å². The minimum Gasteiger partial charge on any atom is -0.442 e. The molecule has 0 saturated carbocycles. The topological polar surface area (TPSA) is 86.3 Å². The molecule has 150 valence electrons. The molecule has 0 saturated heterocycles. The van der Waals surface area contributed by atoms with E-state index in [1.807, 2.05) is 34.9 Å². The quantitative estimate of drug-likeness (QED) is 0.677. The second-order valence-corrected chi connectivity index (χ2v) is 7.47. The summed E-state index contributed by atoms with van der Waals surface area (Å²) in [4.78, 5) is 19.5. The minimum absolute atomic E-state index is 0.0906. The molecule has 0 spiro atoms. The Morgan fingerprint density at radius 3 is 2.83 bits per heavy atom. The van der Waals surface area contributed by atoms with Gasteiger partial charge in [0, 0.05) is 33.0 Å². The predicted octanol–water partition coefficient (Wildman–Crippen LogP) is 2.54. The first-order chi connectivity index (χ1) is 14.2. The molecule has 1 aromatic carbocycles. The Bertz CT molecular complexity index is 1030. The normalized spacial score (nSPS) is 16.9. The summed E-state index contributed by atoms with van der Waals surface area (Å²) < 4.78 is 13.6.